The Morgan fingerprint density at radius 3 is 2.08 bits per heavy atom. The Hall–Kier alpha value is -2.73. The molecule has 0 aliphatic carbocycles. The van der Waals surface area contributed by atoms with Gasteiger partial charge < -0.3 is 14.5 Å². The normalized spacial score (nSPS) is 19.1. The maximum Gasteiger partial charge on any atom is 0.242 e. The second kappa shape index (κ2) is 12.7. The van der Waals surface area contributed by atoms with E-state index in [0.29, 0.717) is 0 Å². The largest absolute Gasteiger partial charge is 0.495 e. The van der Waals surface area contributed by atoms with Gasteiger partial charge in [-0.1, -0.05) is 67.6 Å². The molecule has 1 unspecified atom stereocenters. The lowest BCUT2D eigenvalue weighted by atomic mass is 9.72. The number of rotatable bonds is 8. The van der Waals surface area contributed by atoms with Crippen LogP contribution in [-0.2, 0) is 10.2 Å². The summed E-state index contributed by atoms with van der Waals surface area (Å²) in [6.07, 6.45) is 1.72. The predicted octanol–water partition coefficient (Wildman–Crippen LogP) is 5.79. The van der Waals surface area contributed by atoms with Crippen molar-refractivity contribution in [3.05, 3.63) is 90.0 Å². The monoisotopic (exact) mass is 541 g/mol. The van der Waals surface area contributed by atoms with E-state index in [1.807, 2.05) is 29.2 Å². The second-order valence-electron chi connectivity index (χ2n) is 9.50. The fraction of sp³-hybridized carbons (Fsp3) is 0.367. The summed E-state index contributed by atoms with van der Waals surface area (Å²) in [5.41, 5.74) is 3.85. The van der Waals surface area contributed by atoms with Crippen molar-refractivity contribution in [2.45, 2.75) is 25.2 Å². The maximum atomic E-state index is 14.1. The molecule has 7 heteroatoms. The summed E-state index contributed by atoms with van der Waals surface area (Å²) in [7, 11) is 1.73. The summed E-state index contributed by atoms with van der Waals surface area (Å²) in [5.74, 6) is 1.15. The topological polar surface area (TPSA) is 36.0 Å². The number of methoxy groups -OCH3 is 1. The van der Waals surface area contributed by atoms with E-state index in [0.717, 1.165) is 80.4 Å². The molecular formula is C30H37Cl2N3O2. The van der Waals surface area contributed by atoms with E-state index in [1.54, 1.807) is 7.11 Å². The quantitative estimate of drug-likeness (QED) is 0.361. The minimum Gasteiger partial charge on any atom is -0.495 e. The number of halogens is 2. The Morgan fingerprint density at radius 2 is 1.41 bits per heavy atom. The average Bonchev–Trinajstić information content (AvgIpc) is 3.16. The molecule has 5 nitrogen and oxygen atoms in total. The lowest BCUT2D eigenvalue weighted by Gasteiger charge is -2.38. The maximum absolute atomic E-state index is 14.1. The number of para-hydroxylation sites is 3. The number of fused-ring (bicyclic) bond motifs is 1. The number of anilines is 2. The first-order valence-corrected chi connectivity index (χ1v) is 12.8. The van der Waals surface area contributed by atoms with Gasteiger partial charge in [-0.05, 0) is 48.7 Å². The van der Waals surface area contributed by atoms with Gasteiger partial charge in [0.05, 0.1) is 12.8 Å². The molecule has 0 saturated carbocycles. The smallest absolute Gasteiger partial charge is 0.242 e. The number of benzene rings is 3. The van der Waals surface area contributed by atoms with Gasteiger partial charge >= 0.3 is 0 Å². The number of nitrogens with zero attached hydrogens (tertiary/aromatic N) is 3. The molecule has 3 aromatic carbocycles. The van der Waals surface area contributed by atoms with Gasteiger partial charge in [0.25, 0.3) is 0 Å². The van der Waals surface area contributed by atoms with Crippen LogP contribution in [0.2, 0.25) is 0 Å². The molecule has 1 atom stereocenters. The van der Waals surface area contributed by atoms with E-state index in [-0.39, 0.29) is 30.7 Å². The fourth-order valence-electron chi connectivity index (χ4n) is 5.79. The predicted molar refractivity (Wildman–Crippen MR) is 157 cm³/mol. The highest BCUT2D eigenvalue weighted by atomic mass is 35.5. The van der Waals surface area contributed by atoms with Gasteiger partial charge in [0, 0.05) is 38.4 Å². The third-order valence-electron chi connectivity index (χ3n) is 7.58. The molecule has 1 saturated heterocycles. The van der Waals surface area contributed by atoms with Crippen LogP contribution in [0.5, 0.6) is 5.75 Å². The van der Waals surface area contributed by atoms with Gasteiger partial charge in [0.2, 0.25) is 5.91 Å². The first kappa shape index (κ1) is 28.8. The molecule has 5 rings (SSSR count). The number of piperazine rings is 1. The van der Waals surface area contributed by atoms with Crippen LogP contribution >= 0.6 is 24.8 Å². The van der Waals surface area contributed by atoms with Gasteiger partial charge in [-0.15, -0.1) is 24.8 Å². The van der Waals surface area contributed by atoms with Gasteiger partial charge in [-0.2, -0.15) is 0 Å². The number of ether oxygens (including phenoxy) is 1. The molecule has 2 aliphatic rings. The number of carbonyl (C=O) groups excluding carboxylic acids is 1. The second-order valence-corrected chi connectivity index (χ2v) is 9.50. The van der Waals surface area contributed by atoms with Crippen LogP contribution in [0, 0.1) is 0 Å². The summed E-state index contributed by atoms with van der Waals surface area (Å²) in [4.78, 5) is 21.1. The number of amides is 1. The van der Waals surface area contributed by atoms with Crippen molar-refractivity contribution in [2.24, 2.45) is 0 Å². The van der Waals surface area contributed by atoms with Crippen LogP contribution in [0.25, 0.3) is 0 Å². The molecule has 1 fully saturated rings. The molecule has 0 radical (unpaired) electrons. The summed E-state index contributed by atoms with van der Waals surface area (Å²) in [6, 6.07) is 27.0. The Kier molecular flexibility index (Phi) is 9.88. The van der Waals surface area contributed by atoms with Crippen molar-refractivity contribution in [3.8, 4) is 5.75 Å². The van der Waals surface area contributed by atoms with Crippen LogP contribution in [0.3, 0.4) is 0 Å². The Balaban J connectivity index is 0.00000190. The molecule has 0 aromatic heterocycles. The zero-order valence-corrected chi connectivity index (χ0v) is 23.3. The molecule has 0 N–H and O–H groups in total. The lowest BCUT2D eigenvalue weighted by Crippen LogP contribution is -2.49. The third kappa shape index (κ3) is 5.31. The van der Waals surface area contributed by atoms with E-state index in [2.05, 4.69) is 71.3 Å². The van der Waals surface area contributed by atoms with Crippen molar-refractivity contribution in [2.75, 3.05) is 56.2 Å². The zero-order chi connectivity index (χ0) is 24.3. The fourth-order valence-corrected chi connectivity index (χ4v) is 5.79. The number of hydrogen-bond donors (Lipinski definition) is 0. The molecule has 1 amide bonds. The van der Waals surface area contributed by atoms with Crippen LogP contribution < -0.4 is 14.5 Å². The van der Waals surface area contributed by atoms with Crippen molar-refractivity contribution in [1.29, 1.82) is 0 Å². The SMILES string of the molecule is CCCN1C(=O)C(CCN2CCN(c3ccccc3OC)CC2)(c2ccccc2)c2ccccc21.Cl.Cl. The van der Waals surface area contributed by atoms with Crippen molar-refractivity contribution in [1.82, 2.24) is 4.90 Å². The summed E-state index contributed by atoms with van der Waals surface area (Å²) < 4.78 is 5.58. The molecule has 0 spiro atoms. The van der Waals surface area contributed by atoms with Crippen LogP contribution in [0.15, 0.2) is 78.9 Å². The molecular weight excluding hydrogens is 505 g/mol. The molecule has 3 aromatic rings. The van der Waals surface area contributed by atoms with Gasteiger partial charge in [0.15, 0.2) is 0 Å². The number of carbonyl (C=O) groups is 1. The minimum atomic E-state index is -0.632. The third-order valence-corrected chi connectivity index (χ3v) is 7.58. The summed E-state index contributed by atoms with van der Waals surface area (Å²) >= 11 is 0. The van der Waals surface area contributed by atoms with Crippen LogP contribution in [-0.4, -0.2) is 57.2 Å². The van der Waals surface area contributed by atoms with E-state index in [1.165, 1.54) is 0 Å². The van der Waals surface area contributed by atoms with E-state index >= 15 is 0 Å². The summed E-state index contributed by atoms with van der Waals surface area (Å²) in [5, 5.41) is 0. The standard InChI is InChI=1S/C30H35N3O2.2ClH/c1-3-18-33-26-14-8-7-13-25(26)30(29(33)34,24-11-5-4-6-12-24)17-19-31-20-22-32(23-21-31)27-15-9-10-16-28(27)35-2;;/h4-16H,3,17-23H2,1-2H3;2*1H. The first-order chi connectivity index (χ1) is 17.2. The van der Waals surface area contributed by atoms with Gasteiger partial charge in [-0.3, -0.25) is 9.69 Å². The minimum absolute atomic E-state index is 0. The van der Waals surface area contributed by atoms with Gasteiger partial charge in [-0.25, -0.2) is 0 Å². The van der Waals surface area contributed by atoms with E-state index in [9.17, 15) is 4.79 Å². The number of hydrogen-bond acceptors (Lipinski definition) is 4. The molecule has 2 aliphatic heterocycles. The van der Waals surface area contributed by atoms with Crippen LogP contribution in [0.4, 0.5) is 11.4 Å². The van der Waals surface area contributed by atoms with Gasteiger partial charge in [0.1, 0.15) is 11.2 Å². The first-order valence-electron chi connectivity index (χ1n) is 12.8. The summed E-state index contributed by atoms with van der Waals surface area (Å²) in [6.45, 7) is 7.61. The highest BCUT2D eigenvalue weighted by Gasteiger charge is 2.51. The van der Waals surface area contributed by atoms with Crippen molar-refractivity contribution >= 4 is 42.1 Å². The highest BCUT2D eigenvalue weighted by Crippen LogP contribution is 2.48. The Bertz CT molecular complexity index is 1170. The van der Waals surface area contributed by atoms with Crippen molar-refractivity contribution in [3.63, 3.8) is 0 Å². The molecule has 2 heterocycles. The lowest BCUT2D eigenvalue weighted by molar-refractivity contribution is -0.122. The van der Waals surface area contributed by atoms with E-state index < -0.39 is 5.41 Å². The van der Waals surface area contributed by atoms with Crippen molar-refractivity contribution < 1.29 is 9.53 Å². The highest BCUT2D eigenvalue weighted by molar-refractivity contribution is 6.10. The molecule has 198 valence electrons. The van der Waals surface area contributed by atoms with Crippen LogP contribution in [0.1, 0.15) is 30.9 Å². The zero-order valence-electron chi connectivity index (χ0n) is 21.6. The molecule has 37 heavy (non-hydrogen) atoms. The average molecular weight is 543 g/mol. The van der Waals surface area contributed by atoms with E-state index in [4.69, 9.17) is 4.74 Å². The molecule has 0 bridgehead atoms. The Labute approximate surface area is 233 Å². The Morgan fingerprint density at radius 1 is 0.784 bits per heavy atom.